The number of amides is 2. The van der Waals surface area contributed by atoms with E-state index in [-0.39, 0.29) is 6.03 Å². The summed E-state index contributed by atoms with van der Waals surface area (Å²) in [6, 6.07) is -0.176. The predicted octanol–water partition coefficient (Wildman–Crippen LogP) is -0.201. The van der Waals surface area contributed by atoms with Crippen molar-refractivity contribution in [3.8, 4) is 0 Å². The molecule has 1 fully saturated rings. The minimum absolute atomic E-state index is 0.176. The van der Waals surface area contributed by atoms with Gasteiger partial charge in [-0.1, -0.05) is 0 Å². The number of urea groups is 1. The molecule has 1 aliphatic rings. The van der Waals surface area contributed by atoms with Crippen molar-refractivity contribution in [1.29, 1.82) is 0 Å². The zero-order valence-electron chi connectivity index (χ0n) is 8.75. The third-order valence-electron chi connectivity index (χ3n) is 2.52. The van der Waals surface area contributed by atoms with Crippen LogP contribution in [0.1, 0.15) is 12.8 Å². The highest BCUT2D eigenvalue weighted by Gasteiger charge is 2.32. The Bertz CT molecular complexity index is 202. The van der Waals surface area contributed by atoms with Gasteiger partial charge < -0.3 is 20.1 Å². The monoisotopic (exact) mass is 202 g/mol. The molecule has 14 heavy (non-hydrogen) atoms. The zero-order valence-corrected chi connectivity index (χ0v) is 8.75. The molecule has 0 atom stereocenters. The topological polar surface area (TPSA) is 61.8 Å². The van der Waals surface area contributed by atoms with Crippen molar-refractivity contribution in [1.82, 2.24) is 10.2 Å². The summed E-state index contributed by atoms with van der Waals surface area (Å²) in [7, 11) is 3.25. The van der Waals surface area contributed by atoms with E-state index in [0.717, 1.165) is 0 Å². The Morgan fingerprint density at radius 2 is 2.14 bits per heavy atom. The number of carbonyl (C=O) groups excluding carboxylic acids is 1. The Hall–Kier alpha value is -0.810. The van der Waals surface area contributed by atoms with Crippen LogP contribution in [-0.2, 0) is 4.74 Å². The fourth-order valence-electron chi connectivity index (χ4n) is 1.61. The molecular formula is C9H18N2O3. The van der Waals surface area contributed by atoms with Crippen LogP contribution in [0.25, 0.3) is 0 Å². The number of carbonyl (C=O) groups is 1. The Morgan fingerprint density at radius 3 is 2.64 bits per heavy atom. The highest BCUT2D eigenvalue weighted by atomic mass is 16.5. The molecule has 0 radical (unpaired) electrons. The van der Waals surface area contributed by atoms with E-state index in [1.54, 1.807) is 14.1 Å². The van der Waals surface area contributed by atoms with Gasteiger partial charge in [0.2, 0.25) is 0 Å². The zero-order chi connectivity index (χ0) is 10.6. The van der Waals surface area contributed by atoms with Gasteiger partial charge in [0.1, 0.15) is 0 Å². The molecule has 82 valence electrons. The lowest BCUT2D eigenvalue weighted by molar-refractivity contribution is -0.0721. The van der Waals surface area contributed by atoms with E-state index in [1.807, 2.05) is 0 Å². The molecule has 2 amide bonds. The van der Waals surface area contributed by atoms with Crippen molar-refractivity contribution in [3.63, 3.8) is 0 Å². The van der Waals surface area contributed by atoms with Crippen molar-refractivity contribution < 1.29 is 14.6 Å². The first kappa shape index (κ1) is 11.3. The van der Waals surface area contributed by atoms with Crippen LogP contribution in [0.5, 0.6) is 0 Å². The second-order valence-corrected chi connectivity index (χ2v) is 3.75. The van der Waals surface area contributed by atoms with Gasteiger partial charge in [0.15, 0.2) is 0 Å². The summed E-state index contributed by atoms with van der Waals surface area (Å²) in [6.45, 7) is 1.49. The van der Waals surface area contributed by atoms with Crippen molar-refractivity contribution in [2.45, 2.75) is 18.4 Å². The first-order chi connectivity index (χ1) is 6.57. The third kappa shape index (κ3) is 2.85. The number of aliphatic hydroxyl groups is 1. The Morgan fingerprint density at radius 1 is 1.57 bits per heavy atom. The number of nitrogens with one attached hydrogen (secondary N) is 1. The lowest BCUT2D eigenvalue weighted by Gasteiger charge is -2.35. The number of rotatable bonds is 2. The van der Waals surface area contributed by atoms with E-state index in [4.69, 9.17) is 4.74 Å². The molecule has 0 aromatic heterocycles. The molecule has 1 saturated heterocycles. The second-order valence-electron chi connectivity index (χ2n) is 3.75. The maximum atomic E-state index is 11.2. The van der Waals surface area contributed by atoms with Gasteiger partial charge in [-0.3, -0.25) is 0 Å². The predicted molar refractivity (Wildman–Crippen MR) is 52.1 cm³/mol. The molecule has 0 unspecified atom stereocenters. The fraction of sp³-hybridized carbons (Fsp3) is 0.889. The summed E-state index contributed by atoms with van der Waals surface area (Å²) in [5.74, 6) is 0. The first-order valence-electron chi connectivity index (χ1n) is 4.80. The Balaban J connectivity index is 2.44. The lowest BCUT2D eigenvalue weighted by Crippen LogP contribution is -2.49. The number of likely N-dealkylation sites (N-methyl/N-ethyl adjacent to an activating group) is 1. The van der Waals surface area contributed by atoms with Crippen LogP contribution in [0.4, 0.5) is 4.79 Å². The summed E-state index contributed by atoms with van der Waals surface area (Å²) in [5.41, 5.74) is -0.778. The highest BCUT2D eigenvalue weighted by Crippen LogP contribution is 2.21. The van der Waals surface area contributed by atoms with Gasteiger partial charge in [0.25, 0.3) is 0 Å². The minimum Gasteiger partial charge on any atom is -0.388 e. The Labute approximate surface area is 84.0 Å². The summed E-state index contributed by atoms with van der Waals surface area (Å²) in [6.07, 6.45) is 1.18. The average molecular weight is 202 g/mol. The van der Waals surface area contributed by atoms with Crippen molar-refractivity contribution in [2.75, 3.05) is 33.9 Å². The van der Waals surface area contributed by atoms with Crippen LogP contribution in [0.15, 0.2) is 0 Å². The molecule has 0 aromatic rings. The van der Waals surface area contributed by atoms with E-state index >= 15 is 0 Å². The van der Waals surface area contributed by atoms with Gasteiger partial charge in [0.05, 0.1) is 12.1 Å². The summed E-state index contributed by atoms with van der Waals surface area (Å²) < 4.78 is 5.15. The van der Waals surface area contributed by atoms with E-state index in [2.05, 4.69) is 5.32 Å². The second kappa shape index (κ2) is 4.61. The van der Waals surface area contributed by atoms with Gasteiger partial charge in [0, 0.05) is 40.2 Å². The maximum absolute atomic E-state index is 11.2. The summed E-state index contributed by atoms with van der Waals surface area (Å²) in [5, 5.41) is 12.6. The quantitative estimate of drug-likeness (QED) is 0.652. The SMILES string of the molecule is CNC(=O)N(C)CC1(O)CCOCC1. The van der Waals surface area contributed by atoms with Crippen LogP contribution in [0.3, 0.4) is 0 Å². The molecule has 0 saturated carbocycles. The van der Waals surface area contributed by atoms with Gasteiger partial charge in [-0.05, 0) is 0 Å². The molecule has 0 aromatic carbocycles. The third-order valence-corrected chi connectivity index (χ3v) is 2.52. The van der Waals surface area contributed by atoms with E-state index in [0.29, 0.717) is 32.6 Å². The highest BCUT2D eigenvalue weighted by molar-refractivity contribution is 5.73. The largest absolute Gasteiger partial charge is 0.388 e. The molecule has 2 N–H and O–H groups in total. The van der Waals surface area contributed by atoms with Crippen molar-refractivity contribution in [3.05, 3.63) is 0 Å². The van der Waals surface area contributed by atoms with Gasteiger partial charge in [-0.2, -0.15) is 0 Å². The summed E-state index contributed by atoms with van der Waals surface area (Å²) in [4.78, 5) is 12.7. The number of ether oxygens (including phenoxy) is 1. The van der Waals surface area contributed by atoms with E-state index in [1.165, 1.54) is 4.90 Å². The molecule has 1 aliphatic heterocycles. The van der Waals surface area contributed by atoms with Crippen LogP contribution in [0, 0.1) is 0 Å². The first-order valence-corrected chi connectivity index (χ1v) is 4.80. The van der Waals surface area contributed by atoms with Crippen LogP contribution in [-0.4, -0.2) is 55.5 Å². The molecular weight excluding hydrogens is 184 g/mol. The van der Waals surface area contributed by atoms with E-state index < -0.39 is 5.60 Å². The number of hydrogen-bond acceptors (Lipinski definition) is 3. The maximum Gasteiger partial charge on any atom is 0.316 e. The minimum atomic E-state index is -0.778. The average Bonchev–Trinajstić information content (AvgIpc) is 2.17. The standard InChI is InChI=1S/C9H18N2O3/c1-10-8(12)11(2)7-9(13)3-5-14-6-4-9/h13H,3-7H2,1-2H3,(H,10,12). The summed E-state index contributed by atoms with van der Waals surface area (Å²) >= 11 is 0. The fourth-order valence-corrected chi connectivity index (χ4v) is 1.61. The number of hydrogen-bond donors (Lipinski definition) is 2. The molecule has 0 aliphatic carbocycles. The van der Waals surface area contributed by atoms with E-state index in [9.17, 15) is 9.90 Å². The Kier molecular flexibility index (Phi) is 3.71. The molecule has 1 heterocycles. The molecule has 5 heteroatoms. The van der Waals surface area contributed by atoms with Crippen molar-refractivity contribution >= 4 is 6.03 Å². The van der Waals surface area contributed by atoms with Crippen LogP contribution < -0.4 is 5.32 Å². The molecule has 0 bridgehead atoms. The van der Waals surface area contributed by atoms with Gasteiger partial charge >= 0.3 is 6.03 Å². The van der Waals surface area contributed by atoms with Gasteiger partial charge in [-0.25, -0.2) is 4.79 Å². The molecule has 5 nitrogen and oxygen atoms in total. The van der Waals surface area contributed by atoms with Crippen molar-refractivity contribution in [2.24, 2.45) is 0 Å². The smallest absolute Gasteiger partial charge is 0.316 e. The normalized spacial score (nSPS) is 20.2. The molecule has 0 spiro atoms. The van der Waals surface area contributed by atoms with Crippen LogP contribution in [0.2, 0.25) is 0 Å². The van der Waals surface area contributed by atoms with Gasteiger partial charge in [-0.15, -0.1) is 0 Å². The molecule has 1 rings (SSSR count). The van der Waals surface area contributed by atoms with Crippen LogP contribution >= 0.6 is 0 Å². The lowest BCUT2D eigenvalue weighted by atomic mass is 9.94. The number of nitrogens with zero attached hydrogens (tertiary/aromatic N) is 1.